The summed E-state index contributed by atoms with van der Waals surface area (Å²) in [5.74, 6) is 0.187. The van der Waals surface area contributed by atoms with E-state index in [-0.39, 0.29) is 18.3 Å². The second-order valence-electron chi connectivity index (χ2n) is 5.05. The van der Waals surface area contributed by atoms with Crippen molar-refractivity contribution >= 4 is 17.3 Å². The van der Waals surface area contributed by atoms with E-state index in [2.05, 4.69) is 15.8 Å². The van der Waals surface area contributed by atoms with Crippen molar-refractivity contribution in [3.63, 3.8) is 0 Å². The van der Waals surface area contributed by atoms with Crippen molar-refractivity contribution in [3.8, 4) is 5.75 Å². The molecule has 0 spiro atoms. The van der Waals surface area contributed by atoms with E-state index in [0.29, 0.717) is 18.0 Å². The third-order valence-corrected chi connectivity index (χ3v) is 3.23. The number of hydrogen-bond acceptors (Lipinski definition) is 4. The first-order chi connectivity index (χ1) is 11.6. The molecule has 0 atom stereocenters. The molecule has 2 N–H and O–H groups in total. The van der Waals surface area contributed by atoms with Crippen molar-refractivity contribution in [3.05, 3.63) is 59.9 Å². The molecule has 0 saturated carbocycles. The number of hydrogen-bond donors (Lipinski definition) is 2. The molecule has 0 aliphatic rings. The molecule has 1 amide bonds. The van der Waals surface area contributed by atoms with E-state index in [0.717, 1.165) is 11.3 Å². The standard InChI is InChI=1S/C18H20FN3O2/c1-3-24-17-10-4-14(5-11-17)13(2)21-22-18(23)12-20-16-8-6-15(19)7-9-16/h4-11,20H,3,12H2,1-2H3,(H,22,23)/b21-13-. The Morgan fingerprint density at radius 2 is 1.79 bits per heavy atom. The maximum Gasteiger partial charge on any atom is 0.259 e. The summed E-state index contributed by atoms with van der Waals surface area (Å²) in [4.78, 5) is 11.8. The van der Waals surface area contributed by atoms with Crippen LogP contribution in [0.1, 0.15) is 19.4 Å². The Kier molecular flexibility index (Phi) is 6.31. The smallest absolute Gasteiger partial charge is 0.259 e. The van der Waals surface area contributed by atoms with Crippen molar-refractivity contribution in [1.82, 2.24) is 5.43 Å². The van der Waals surface area contributed by atoms with Gasteiger partial charge in [-0.2, -0.15) is 5.10 Å². The highest BCUT2D eigenvalue weighted by atomic mass is 19.1. The molecule has 0 bridgehead atoms. The Morgan fingerprint density at radius 3 is 2.42 bits per heavy atom. The van der Waals surface area contributed by atoms with Gasteiger partial charge in [-0.25, -0.2) is 9.82 Å². The first-order valence-electron chi connectivity index (χ1n) is 7.64. The van der Waals surface area contributed by atoms with Crippen LogP contribution in [-0.2, 0) is 4.79 Å². The van der Waals surface area contributed by atoms with E-state index in [1.54, 1.807) is 12.1 Å². The lowest BCUT2D eigenvalue weighted by Crippen LogP contribution is -2.26. The third kappa shape index (κ3) is 5.39. The maximum absolute atomic E-state index is 12.8. The number of carbonyl (C=O) groups is 1. The molecular formula is C18H20FN3O2. The fraction of sp³-hybridized carbons (Fsp3) is 0.222. The van der Waals surface area contributed by atoms with Crippen molar-refractivity contribution in [2.45, 2.75) is 13.8 Å². The molecule has 0 aliphatic heterocycles. The summed E-state index contributed by atoms with van der Waals surface area (Å²) < 4.78 is 18.2. The maximum atomic E-state index is 12.8. The van der Waals surface area contributed by atoms with Crippen LogP contribution in [0.5, 0.6) is 5.75 Å². The summed E-state index contributed by atoms with van der Waals surface area (Å²) in [7, 11) is 0. The molecular weight excluding hydrogens is 309 g/mol. The van der Waals surface area contributed by atoms with Gasteiger partial charge in [-0.05, 0) is 67.9 Å². The lowest BCUT2D eigenvalue weighted by molar-refractivity contribution is -0.119. The predicted molar refractivity (Wildman–Crippen MR) is 92.9 cm³/mol. The zero-order chi connectivity index (χ0) is 17.4. The van der Waals surface area contributed by atoms with E-state index in [1.165, 1.54) is 12.1 Å². The molecule has 0 aliphatic carbocycles. The van der Waals surface area contributed by atoms with Crippen LogP contribution in [0.25, 0.3) is 0 Å². The second-order valence-corrected chi connectivity index (χ2v) is 5.05. The Labute approximate surface area is 140 Å². The fourth-order valence-corrected chi connectivity index (χ4v) is 1.96. The molecule has 0 radical (unpaired) electrons. The van der Waals surface area contributed by atoms with Gasteiger partial charge in [0, 0.05) is 5.69 Å². The van der Waals surface area contributed by atoms with Gasteiger partial charge < -0.3 is 10.1 Å². The number of rotatable bonds is 7. The minimum atomic E-state index is -0.319. The summed E-state index contributed by atoms with van der Waals surface area (Å²) in [5.41, 5.74) is 4.73. The number of carbonyl (C=O) groups excluding carboxylic acids is 1. The quantitative estimate of drug-likeness (QED) is 0.606. The summed E-state index contributed by atoms with van der Waals surface area (Å²) in [6, 6.07) is 13.3. The molecule has 0 unspecified atom stereocenters. The predicted octanol–water partition coefficient (Wildman–Crippen LogP) is 3.18. The zero-order valence-corrected chi connectivity index (χ0v) is 13.7. The Bertz CT molecular complexity index is 697. The van der Waals surface area contributed by atoms with Crippen molar-refractivity contribution in [2.24, 2.45) is 5.10 Å². The molecule has 0 aromatic heterocycles. The summed E-state index contributed by atoms with van der Waals surface area (Å²) in [6.07, 6.45) is 0. The van der Waals surface area contributed by atoms with Gasteiger partial charge in [0.1, 0.15) is 11.6 Å². The number of anilines is 1. The topological polar surface area (TPSA) is 62.7 Å². The summed E-state index contributed by atoms with van der Waals surface area (Å²) in [5, 5.41) is 6.96. The average molecular weight is 329 g/mol. The number of amides is 1. The highest BCUT2D eigenvalue weighted by Crippen LogP contribution is 2.12. The Hall–Kier alpha value is -2.89. The molecule has 0 saturated heterocycles. The van der Waals surface area contributed by atoms with Crippen molar-refractivity contribution in [1.29, 1.82) is 0 Å². The Balaban J connectivity index is 1.84. The molecule has 2 aromatic rings. The highest BCUT2D eigenvalue weighted by Gasteiger charge is 2.02. The minimum Gasteiger partial charge on any atom is -0.494 e. The number of benzene rings is 2. The summed E-state index contributed by atoms with van der Waals surface area (Å²) >= 11 is 0. The van der Waals surface area contributed by atoms with E-state index in [4.69, 9.17) is 4.74 Å². The molecule has 0 fully saturated rings. The molecule has 2 aromatic carbocycles. The van der Waals surface area contributed by atoms with Crippen LogP contribution in [0, 0.1) is 5.82 Å². The average Bonchev–Trinajstić information content (AvgIpc) is 2.60. The van der Waals surface area contributed by atoms with Crippen molar-refractivity contribution in [2.75, 3.05) is 18.5 Å². The van der Waals surface area contributed by atoms with E-state index < -0.39 is 0 Å². The SMILES string of the molecule is CCOc1ccc(/C(C)=N\NC(=O)CNc2ccc(F)cc2)cc1. The van der Waals surface area contributed by atoms with E-state index in [1.807, 2.05) is 38.1 Å². The summed E-state index contributed by atoms with van der Waals surface area (Å²) in [6.45, 7) is 4.40. The van der Waals surface area contributed by atoms with Crippen molar-refractivity contribution < 1.29 is 13.9 Å². The van der Waals surface area contributed by atoms with Gasteiger partial charge in [-0.3, -0.25) is 4.79 Å². The largest absolute Gasteiger partial charge is 0.494 e. The molecule has 2 rings (SSSR count). The first-order valence-corrected chi connectivity index (χ1v) is 7.64. The van der Waals surface area contributed by atoms with E-state index in [9.17, 15) is 9.18 Å². The highest BCUT2D eigenvalue weighted by molar-refractivity contribution is 5.99. The van der Waals surface area contributed by atoms with Crippen LogP contribution >= 0.6 is 0 Å². The number of ether oxygens (including phenoxy) is 1. The van der Waals surface area contributed by atoms with Crippen LogP contribution in [0.2, 0.25) is 0 Å². The minimum absolute atomic E-state index is 0.0473. The molecule has 5 nitrogen and oxygen atoms in total. The Morgan fingerprint density at radius 1 is 1.12 bits per heavy atom. The zero-order valence-electron chi connectivity index (χ0n) is 13.7. The van der Waals surface area contributed by atoms with Gasteiger partial charge in [-0.1, -0.05) is 0 Å². The van der Waals surface area contributed by atoms with Gasteiger partial charge in [-0.15, -0.1) is 0 Å². The molecule has 0 heterocycles. The van der Waals surface area contributed by atoms with Crippen LogP contribution in [0.15, 0.2) is 53.6 Å². The number of nitrogens with one attached hydrogen (secondary N) is 2. The van der Waals surface area contributed by atoms with Gasteiger partial charge >= 0.3 is 0 Å². The number of nitrogens with zero attached hydrogens (tertiary/aromatic N) is 1. The third-order valence-electron chi connectivity index (χ3n) is 3.23. The molecule has 6 heteroatoms. The van der Waals surface area contributed by atoms with Crippen LogP contribution in [0.3, 0.4) is 0 Å². The van der Waals surface area contributed by atoms with Gasteiger partial charge in [0.2, 0.25) is 0 Å². The van der Waals surface area contributed by atoms with Gasteiger partial charge in [0.05, 0.1) is 18.9 Å². The van der Waals surface area contributed by atoms with Crippen LogP contribution in [0.4, 0.5) is 10.1 Å². The van der Waals surface area contributed by atoms with Crippen LogP contribution in [-0.4, -0.2) is 24.8 Å². The monoisotopic (exact) mass is 329 g/mol. The molecule has 126 valence electrons. The van der Waals surface area contributed by atoms with E-state index >= 15 is 0 Å². The van der Waals surface area contributed by atoms with Crippen LogP contribution < -0.4 is 15.5 Å². The second kappa shape index (κ2) is 8.67. The lowest BCUT2D eigenvalue weighted by Gasteiger charge is -2.07. The first kappa shape index (κ1) is 17.5. The lowest BCUT2D eigenvalue weighted by atomic mass is 10.1. The number of hydrazone groups is 1. The fourth-order valence-electron chi connectivity index (χ4n) is 1.96. The van der Waals surface area contributed by atoms with Gasteiger partial charge in [0.15, 0.2) is 0 Å². The molecule has 24 heavy (non-hydrogen) atoms. The normalized spacial score (nSPS) is 11.0. The number of halogens is 1. The van der Waals surface area contributed by atoms with Gasteiger partial charge in [0.25, 0.3) is 5.91 Å².